The Morgan fingerprint density at radius 3 is 2.68 bits per heavy atom. The predicted octanol–water partition coefficient (Wildman–Crippen LogP) is 3.13. The van der Waals surface area contributed by atoms with Crippen molar-refractivity contribution in [3.05, 3.63) is 65.2 Å². The lowest BCUT2D eigenvalue weighted by Gasteiger charge is -2.23. The Labute approximate surface area is 130 Å². The number of rotatable bonds is 6. The maximum atomic E-state index is 5.64. The number of nitrogens with one attached hydrogen (secondary N) is 1. The zero-order chi connectivity index (χ0) is 15.2. The Morgan fingerprint density at radius 2 is 1.86 bits per heavy atom. The molecule has 1 atom stereocenters. The number of nitrogens with zero attached hydrogens (tertiary/aromatic N) is 1. The summed E-state index contributed by atoms with van der Waals surface area (Å²) >= 11 is 0. The minimum absolute atomic E-state index is 0.0821. The summed E-state index contributed by atoms with van der Waals surface area (Å²) in [4.78, 5) is 0. The average molecular weight is 296 g/mol. The first-order valence-corrected chi connectivity index (χ1v) is 7.56. The van der Waals surface area contributed by atoms with Crippen molar-refractivity contribution < 1.29 is 9.47 Å². The summed E-state index contributed by atoms with van der Waals surface area (Å²) in [7, 11) is 0. The number of hydrogen-bond acceptors (Lipinski definition) is 4. The van der Waals surface area contributed by atoms with E-state index in [1.54, 1.807) is 0 Å². The standard InChI is InChI=1S/C18H20N2O2/c1-2-21-11-12-22-16-9-7-14(8-10-16)18-17-6-4-3-5-15(17)13-19-20-18/h3-10,13,18,20H,2,11-12H2,1H3. The molecule has 0 spiro atoms. The van der Waals surface area contributed by atoms with E-state index < -0.39 is 0 Å². The topological polar surface area (TPSA) is 42.9 Å². The van der Waals surface area contributed by atoms with Gasteiger partial charge in [-0.05, 0) is 30.2 Å². The van der Waals surface area contributed by atoms with E-state index in [1.807, 2.05) is 31.3 Å². The number of benzene rings is 2. The van der Waals surface area contributed by atoms with Crippen molar-refractivity contribution in [1.29, 1.82) is 0 Å². The highest BCUT2D eigenvalue weighted by molar-refractivity contribution is 5.83. The quantitative estimate of drug-likeness (QED) is 0.833. The van der Waals surface area contributed by atoms with Gasteiger partial charge >= 0.3 is 0 Å². The molecule has 0 saturated carbocycles. The van der Waals surface area contributed by atoms with Crippen LogP contribution in [-0.2, 0) is 4.74 Å². The number of ether oxygens (including phenoxy) is 2. The van der Waals surface area contributed by atoms with Gasteiger partial charge in [-0.2, -0.15) is 5.10 Å². The third-order valence-corrected chi connectivity index (χ3v) is 3.63. The molecule has 4 heteroatoms. The molecule has 114 valence electrons. The van der Waals surface area contributed by atoms with Crippen LogP contribution in [0.5, 0.6) is 5.75 Å². The van der Waals surface area contributed by atoms with Crippen molar-refractivity contribution >= 4 is 6.21 Å². The van der Waals surface area contributed by atoms with Crippen molar-refractivity contribution in [1.82, 2.24) is 5.43 Å². The van der Waals surface area contributed by atoms with Gasteiger partial charge in [0.05, 0.1) is 18.9 Å². The van der Waals surface area contributed by atoms with Gasteiger partial charge in [0.15, 0.2) is 0 Å². The van der Waals surface area contributed by atoms with Crippen LogP contribution in [0.25, 0.3) is 0 Å². The second-order valence-electron chi connectivity index (χ2n) is 5.06. The van der Waals surface area contributed by atoms with E-state index in [9.17, 15) is 0 Å². The third-order valence-electron chi connectivity index (χ3n) is 3.63. The van der Waals surface area contributed by atoms with E-state index in [2.05, 4.69) is 40.9 Å². The fourth-order valence-corrected chi connectivity index (χ4v) is 2.52. The lowest BCUT2D eigenvalue weighted by Crippen LogP contribution is -2.22. The first-order valence-electron chi connectivity index (χ1n) is 7.56. The molecule has 22 heavy (non-hydrogen) atoms. The second-order valence-corrected chi connectivity index (χ2v) is 5.06. The first-order chi connectivity index (χ1) is 10.9. The fraction of sp³-hybridized carbons (Fsp3) is 0.278. The summed E-state index contributed by atoms with van der Waals surface area (Å²) in [5, 5.41) is 4.25. The number of hydrazone groups is 1. The second kappa shape index (κ2) is 7.09. The van der Waals surface area contributed by atoms with Gasteiger partial charge in [-0.3, -0.25) is 5.43 Å². The van der Waals surface area contributed by atoms with Crippen molar-refractivity contribution in [3.8, 4) is 5.75 Å². The maximum Gasteiger partial charge on any atom is 0.119 e. The van der Waals surface area contributed by atoms with Gasteiger partial charge in [0.25, 0.3) is 0 Å². The van der Waals surface area contributed by atoms with Crippen LogP contribution >= 0.6 is 0 Å². The van der Waals surface area contributed by atoms with Crippen LogP contribution in [0, 0.1) is 0 Å². The Hall–Kier alpha value is -2.33. The minimum Gasteiger partial charge on any atom is -0.491 e. The number of fused-ring (bicyclic) bond motifs is 1. The molecule has 3 rings (SSSR count). The SMILES string of the molecule is CCOCCOc1ccc(C2NN=Cc3ccccc32)cc1. The van der Waals surface area contributed by atoms with Gasteiger partial charge in [-0.1, -0.05) is 36.4 Å². The minimum atomic E-state index is 0.0821. The van der Waals surface area contributed by atoms with Crippen molar-refractivity contribution in [2.45, 2.75) is 13.0 Å². The zero-order valence-electron chi connectivity index (χ0n) is 12.7. The lowest BCUT2D eigenvalue weighted by molar-refractivity contribution is 0.110. The van der Waals surface area contributed by atoms with E-state index in [-0.39, 0.29) is 6.04 Å². The van der Waals surface area contributed by atoms with E-state index in [0.717, 1.165) is 17.9 Å². The van der Waals surface area contributed by atoms with Crippen LogP contribution < -0.4 is 10.2 Å². The molecule has 1 unspecified atom stereocenters. The molecule has 0 radical (unpaired) electrons. The molecule has 1 heterocycles. The lowest BCUT2D eigenvalue weighted by atomic mass is 9.94. The Kier molecular flexibility index (Phi) is 4.71. The van der Waals surface area contributed by atoms with Gasteiger partial charge in [0, 0.05) is 12.2 Å². The first kappa shape index (κ1) is 14.6. The summed E-state index contributed by atoms with van der Waals surface area (Å²) in [5.41, 5.74) is 6.74. The molecule has 0 saturated heterocycles. The van der Waals surface area contributed by atoms with Crippen LogP contribution in [0.2, 0.25) is 0 Å². The highest BCUT2D eigenvalue weighted by Crippen LogP contribution is 2.28. The normalized spacial score (nSPS) is 16.0. The monoisotopic (exact) mass is 296 g/mol. The van der Waals surface area contributed by atoms with E-state index in [0.29, 0.717) is 13.2 Å². The van der Waals surface area contributed by atoms with Gasteiger partial charge in [0.1, 0.15) is 12.4 Å². The smallest absolute Gasteiger partial charge is 0.119 e. The molecule has 2 aromatic rings. The highest BCUT2D eigenvalue weighted by Gasteiger charge is 2.18. The Bertz CT molecular complexity index is 638. The van der Waals surface area contributed by atoms with Gasteiger partial charge < -0.3 is 9.47 Å². The Balaban J connectivity index is 1.70. The van der Waals surface area contributed by atoms with Gasteiger partial charge in [0.2, 0.25) is 0 Å². The summed E-state index contributed by atoms with van der Waals surface area (Å²) in [6.45, 7) is 3.88. The average Bonchev–Trinajstić information content (AvgIpc) is 2.59. The Morgan fingerprint density at radius 1 is 1.05 bits per heavy atom. The van der Waals surface area contributed by atoms with Crippen molar-refractivity contribution in [2.75, 3.05) is 19.8 Å². The van der Waals surface area contributed by atoms with Crippen molar-refractivity contribution in [3.63, 3.8) is 0 Å². The highest BCUT2D eigenvalue weighted by atomic mass is 16.5. The molecule has 0 bridgehead atoms. The van der Waals surface area contributed by atoms with Gasteiger partial charge in [-0.25, -0.2) is 0 Å². The molecule has 1 N–H and O–H groups in total. The molecule has 2 aromatic carbocycles. The van der Waals surface area contributed by atoms with Crippen LogP contribution in [-0.4, -0.2) is 26.0 Å². The fourth-order valence-electron chi connectivity index (χ4n) is 2.52. The van der Waals surface area contributed by atoms with Crippen molar-refractivity contribution in [2.24, 2.45) is 5.10 Å². The van der Waals surface area contributed by atoms with E-state index in [4.69, 9.17) is 9.47 Å². The summed E-state index contributed by atoms with van der Waals surface area (Å²) in [6.07, 6.45) is 1.86. The molecular weight excluding hydrogens is 276 g/mol. The molecular formula is C18H20N2O2. The molecule has 0 fully saturated rings. The summed E-state index contributed by atoms with van der Waals surface area (Å²) < 4.78 is 10.9. The molecule has 0 amide bonds. The molecule has 1 aliphatic rings. The van der Waals surface area contributed by atoms with Crippen LogP contribution in [0.3, 0.4) is 0 Å². The maximum absolute atomic E-state index is 5.64. The third kappa shape index (κ3) is 3.28. The van der Waals surface area contributed by atoms with Gasteiger partial charge in [-0.15, -0.1) is 0 Å². The van der Waals surface area contributed by atoms with Crippen LogP contribution in [0.1, 0.15) is 29.7 Å². The largest absolute Gasteiger partial charge is 0.491 e. The molecule has 1 aliphatic heterocycles. The van der Waals surface area contributed by atoms with Crippen LogP contribution in [0.4, 0.5) is 0 Å². The zero-order valence-corrected chi connectivity index (χ0v) is 12.7. The summed E-state index contributed by atoms with van der Waals surface area (Å²) in [5.74, 6) is 0.857. The summed E-state index contributed by atoms with van der Waals surface area (Å²) in [6, 6.07) is 16.5. The predicted molar refractivity (Wildman–Crippen MR) is 87.4 cm³/mol. The molecule has 4 nitrogen and oxygen atoms in total. The van der Waals surface area contributed by atoms with E-state index >= 15 is 0 Å². The number of hydrogen-bond donors (Lipinski definition) is 1. The van der Waals surface area contributed by atoms with Crippen LogP contribution in [0.15, 0.2) is 53.6 Å². The molecule has 0 aliphatic carbocycles. The van der Waals surface area contributed by atoms with E-state index in [1.165, 1.54) is 11.1 Å². The molecule has 0 aromatic heterocycles.